The van der Waals surface area contributed by atoms with Crippen molar-refractivity contribution in [3.8, 4) is 0 Å². The van der Waals surface area contributed by atoms with Crippen LogP contribution in [-0.2, 0) is 6.42 Å². The largest absolute Gasteiger partial charge is 0.293 e. The second-order valence-electron chi connectivity index (χ2n) is 6.13. The fourth-order valence-corrected chi connectivity index (χ4v) is 5.77. The minimum Gasteiger partial charge on any atom is -0.293 e. The molecule has 0 N–H and O–H groups in total. The second-order valence-corrected chi connectivity index (χ2v) is 10.9. The summed E-state index contributed by atoms with van der Waals surface area (Å²) >= 11 is 9.95. The quantitative estimate of drug-likeness (QED) is 0.246. The first-order valence-electron chi connectivity index (χ1n) is 8.53. The first kappa shape index (κ1) is 21.0. The van der Waals surface area contributed by atoms with Gasteiger partial charge in [-0.15, -0.1) is 22.7 Å². The lowest BCUT2D eigenvalue weighted by Gasteiger charge is -1.98. The number of carbonyl (C=O) groups excluding carboxylic acids is 2. The van der Waals surface area contributed by atoms with Crippen LogP contribution in [0.5, 0.6) is 0 Å². The highest BCUT2D eigenvalue weighted by Gasteiger charge is 2.17. The third-order valence-corrected chi connectivity index (χ3v) is 8.22. The number of unbranched alkanes of at least 4 members (excludes halogenated alkanes) is 3. The van der Waals surface area contributed by atoms with Crippen LogP contribution in [0.1, 0.15) is 75.9 Å². The van der Waals surface area contributed by atoms with Crippen LogP contribution in [0.2, 0.25) is 0 Å². The molecule has 25 heavy (non-hydrogen) atoms. The lowest BCUT2D eigenvalue weighted by atomic mass is 10.1. The molecule has 6 heteroatoms. The topological polar surface area (TPSA) is 34.1 Å². The molecule has 0 aliphatic heterocycles. The van der Waals surface area contributed by atoms with Crippen LogP contribution in [0.4, 0.5) is 0 Å². The zero-order chi connectivity index (χ0) is 18.4. The van der Waals surface area contributed by atoms with Crippen LogP contribution in [-0.4, -0.2) is 11.6 Å². The van der Waals surface area contributed by atoms with Crippen molar-refractivity contribution in [2.45, 2.75) is 58.8 Å². The number of hydrogen-bond donors (Lipinski definition) is 0. The molecule has 0 unspecified atom stereocenters. The zero-order valence-electron chi connectivity index (χ0n) is 14.5. The second kappa shape index (κ2) is 10.1. The molecular weight excluding hydrogens is 484 g/mol. The van der Waals surface area contributed by atoms with E-state index in [4.69, 9.17) is 0 Å². The maximum Gasteiger partial charge on any atom is 0.173 e. The highest BCUT2D eigenvalue weighted by Crippen LogP contribution is 2.31. The molecule has 0 aromatic carbocycles. The Labute approximate surface area is 174 Å². The fourth-order valence-electron chi connectivity index (χ4n) is 2.53. The van der Waals surface area contributed by atoms with E-state index < -0.39 is 0 Å². The summed E-state index contributed by atoms with van der Waals surface area (Å²) in [6, 6.07) is 3.89. The standard InChI is InChI=1S/C19H22Br2O2S2/c1-3-4-5-6-7-13-11-17(25-19(13)21)15(23)9-8-14(22)16-10-12(2)18(20)24-16/h10-11H,3-9H2,1-2H3. The summed E-state index contributed by atoms with van der Waals surface area (Å²) in [6.45, 7) is 4.17. The van der Waals surface area contributed by atoms with Crippen molar-refractivity contribution >= 4 is 66.1 Å². The lowest BCUT2D eigenvalue weighted by molar-refractivity contribution is 0.0921. The van der Waals surface area contributed by atoms with Gasteiger partial charge in [0.15, 0.2) is 11.6 Å². The molecule has 0 fully saturated rings. The highest BCUT2D eigenvalue weighted by molar-refractivity contribution is 9.11. The van der Waals surface area contributed by atoms with E-state index >= 15 is 0 Å². The Morgan fingerprint density at radius 2 is 1.52 bits per heavy atom. The van der Waals surface area contributed by atoms with Gasteiger partial charge in [-0.05, 0) is 74.9 Å². The molecule has 2 aromatic rings. The van der Waals surface area contributed by atoms with Crippen molar-refractivity contribution in [2.24, 2.45) is 0 Å². The maximum absolute atomic E-state index is 12.4. The van der Waals surface area contributed by atoms with Gasteiger partial charge in [0.2, 0.25) is 0 Å². The molecular formula is C19H22Br2O2S2. The first-order chi connectivity index (χ1) is 11.9. The Bertz CT molecular complexity index is 727. The van der Waals surface area contributed by atoms with Crippen LogP contribution < -0.4 is 0 Å². The van der Waals surface area contributed by atoms with Crippen molar-refractivity contribution in [3.63, 3.8) is 0 Å². The van der Waals surface area contributed by atoms with Gasteiger partial charge in [0.1, 0.15) is 0 Å². The van der Waals surface area contributed by atoms with E-state index in [0.717, 1.165) is 35.7 Å². The van der Waals surface area contributed by atoms with Crippen LogP contribution >= 0.6 is 54.5 Å². The molecule has 0 saturated heterocycles. The number of rotatable bonds is 10. The molecule has 0 aliphatic rings. The molecule has 136 valence electrons. The molecule has 2 aromatic heterocycles. The van der Waals surface area contributed by atoms with E-state index in [1.807, 2.05) is 19.1 Å². The molecule has 2 nitrogen and oxygen atoms in total. The van der Waals surface area contributed by atoms with E-state index in [2.05, 4.69) is 38.8 Å². The number of ketones is 2. The van der Waals surface area contributed by atoms with Crippen molar-refractivity contribution < 1.29 is 9.59 Å². The van der Waals surface area contributed by atoms with Gasteiger partial charge in [-0.3, -0.25) is 9.59 Å². The number of Topliss-reactive ketones (excluding diaryl/α,β-unsaturated/α-hetero) is 2. The van der Waals surface area contributed by atoms with Crippen LogP contribution in [0.3, 0.4) is 0 Å². The number of halogens is 2. The van der Waals surface area contributed by atoms with Crippen molar-refractivity contribution in [2.75, 3.05) is 0 Å². The van der Waals surface area contributed by atoms with E-state index in [9.17, 15) is 9.59 Å². The molecule has 0 bridgehead atoms. The smallest absolute Gasteiger partial charge is 0.173 e. The zero-order valence-corrected chi connectivity index (χ0v) is 19.3. The summed E-state index contributed by atoms with van der Waals surface area (Å²) in [7, 11) is 0. The van der Waals surface area contributed by atoms with E-state index in [0.29, 0.717) is 0 Å². The van der Waals surface area contributed by atoms with Gasteiger partial charge < -0.3 is 0 Å². The lowest BCUT2D eigenvalue weighted by Crippen LogP contribution is -2.02. The van der Waals surface area contributed by atoms with Crippen LogP contribution in [0.15, 0.2) is 19.7 Å². The third kappa shape index (κ3) is 6.12. The first-order valence-corrected chi connectivity index (χ1v) is 11.7. The molecule has 2 heterocycles. The number of carbonyl (C=O) groups is 2. The molecule has 0 aliphatic carbocycles. The molecule has 0 spiro atoms. The van der Waals surface area contributed by atoms with E-state index in [-0.39, 0.29) is 24.4 Å². The minimum atomic E-state index is 0.0440. The Morgan fingerprint density at radius 3 is 2.08 bits per heavy atom. The summed E-state index contributed by atoms with van der Waals surface area (Å²) in [4.78, 5) is 26.2. The Hall–Kier alpha value is -0.300. The molecule has 0 saturated carbocycles. The molecule has 2 rings (SSSR count). The number of hydrogen-bond acceptors (Lipinski definition) is 4. The third-order valence-electron chi connectivity index (χ3n) is 4.04. The monoisotopic (exact) mass is 504 g/mol. The number of thiophene rings is 2. The van der Waals surface area contributed by atoms with Crippen molar-refractivity contribution in [3.05, 3.63) is 40.6 Å². The Morgan fingerprint density at radius 1 is 0.920 bits per heavy atom. The maximum atomic E-state index is 12.4. The van der Waals surface area contributed by atoms with Crippen LogP contribution in [0, 0.1) is 6.92 Å². The van der Waals surface area contributed by atoms with Crippen LogP contribution in [0.25, 0.3) is 0 Å². The van der Waals surface area contributed by atoms with Gasteiger partial charge in [-0.1, -0.05) is 26.2 Å². The minimum absolute atomic E-state index is 0.0440. The van der Waals surface area contributed by atoms with Gasteiger partial charge in [0, 0.05) is 12.8 Å². The normalized spacial score (nSPS) is 11.0. The highest BCUT2D eigenvalue weighted by atomic mass is 79.9. The number of aryl methyl sites for hydroxylation is 2. The van der Waals surface area contributed by atoms with Gasteiger partial charge >= 0.3 is 0 Å². The molecule has 0 radical (unpaired) electrons. The Kier molecular flexibility index (Phi) is 8.52. The van der Waals surface area contributed by atoms with Crippen molar-refractivity contribution in [1.82, 2.24) is 0 Å². The predicted octanol–water partition coefficient (Wildman–Crippen LogP) is 7.61. The average Bonchev–Trinajstić information content (AvgIpc) is 3.12. The van der Waals surface area contributed by atoms with Gasteiger partial charge in [0.05, 0.1) is 17.3 Å². The predicted molar refractivity (Wildman–Crippen MR) is 115 cm³/mol. The average molecular weight is 506 g/mol. The fraction of sp³-hybridized carbons (Fsp3) is 0.474. The van der Waals surface area contributed by atoms with E-state index in [1.54, 1.807) is 0 Å². The summed E-state index contributed by atoms with van der Waals surface area (Å²) in [5.74, 6) is 0.105. The van der Waals surface area contributed by atoms with Gasteiger partial charge in [0.25, 0.3) is 0 Å². The summed E-state index contributed by atoms with van der Waals surface area (Å²) in [5, 5.41) is 0. The molecule has 0 amide bonds. The van der Waals surface area contributed by atoms with E-state index in [1.165, 1.54) is 47.5 Å². The summed E-state index contributed by atoms with van der Waals surface area (Å²) in [5.41, 5.74) is 2.28. The van der Waals surface area contributed by atoms with Gasteiger partial charge in [-0.25, -0.2) is 0 Å². The Balaban J connectivity index is 1.89. The summed E-state index contributed by atoms with van der Waals surface area (Å²) < 4.78 is 2.04. The van der Waals surface area contributed by atoms with Crippen molar-refractivity contribution in [1.29, 1.82) is 0 Å². The summed E-state index contributed by atoms with van der Waals surface area (Å²) in [6.07, 6.45) is 6.42. The van der Waals surface area contributed by atoms with Gasteiger partial charge in [-0.2, -0.15) is 0 Å². The molecule has 0 atom stereocenters. The SMILES string of the molecule is CCCCCCc1cc(C(=O)CCC(=O)c2cc(C)c(Br)s2)sc1Br.